The standard InChI is InChI=1S/C31H32ClN3O/c1-34(2)30(23-8-4-3-5-9-23)17-19-31(20-18-30)28-26(25-10-6-7-11-27(25)33-28)16-21-35(31)29(36)22-12-14-24(32)15-13-22/h3-15,33H,16-21H2,1-2H3. The lowest BCUT2D eigenvalue weighted by Gasteiger charge is -2.55. The number of carbonyl (C=O) groups excluding carboxylic acids is 1. The number of aromatic amines is 1. The molecule has 5 heteroatoms. The molecule has 0 unspecified atom stereocenters. The Hall–Kier alpha value is -3.08. The number of hydrogen-bond donors (Lipinski definition) is 1. The fourth-order valence-electron chi connectivity index (χ4n) is 6.81. The first kappa shape index (κ1) is 23.3. The molecule has 0 saturated heterocycles. The summed E-state index contributed by atoms with van der Waals surface area (Å²) in [6, 6.07) is 26.8. The van der Waals surface area contributed by atoms with Gasteiger partial charge in [0.25, 0.3) is 5.91 Å². The maximum atomic E-state index is 14.0. The van der Waals surface area contributed by atoms with E-state index in [9.17, 15) is 4.79 Å². The highest BCUT2D eigenvalue weighted by atomic mass is 35.5. The summed E-state index contributed by atoms with van der Waals surface area (Å²) in [6.45, 7) is 0.719. The lowest BCUT2D eigenvalue weighted by Crippen LogP contribution is -2.58. The summed E-state index contributed by atoms with van der Waals surface area (Å²) in [6.07, 6.45) is 4.61. The van der Waals surface area contributed by atoms with Gasteiger partial charge in [-0.2, -0.15) is 0 Å². The number of fused-ring (bicyclic) bond motifs is 4. The molecule has 1 aliphatic carbocycles. The van der Waals surface area contributed by atoms with E-state index in [0.29, 0.717) is 10.6 Å². The fraction of sp³-hybridized carbons (Fsp3) is 0.323. The number of aromatic nitrogens is 1. The topological polar surface area (TPSA) is 39.3 Å². The van der Waals surface area contributed by atoms with Gasteiger partial charge in [-0.25, -0.2) is 0 Å². The third kappa shape index (κ3) is 3.50. The van der Waals surface area contributed by atoms with E-state index in [4.69, 9.17) is 11.6 Å². The lowest BCUT2D eigenvalue weighted by molar-refractivity contribution is -0.0141. The Morgan fingerprint density at radius 1 is 0.889 bits per heavy atom. The number of para-hydroxylation sites is 1. The summed E-state index contributed by atoms with van der Waals surface area (Å²) < 4.78 is 0. The maximum absolute atomic E-state index is 14.0. The van der Waals surface area contributed by atoms with Gasteiger partial charge in [0.2, 0.25) is 0 Å². The molecule has 4 aromatic rings. The highest BCUT2D eigenvalue weighted by molar-refractivity contribution is 6.30. The van der Waals surface area contributed by atoms with Crippen LogP contribution in [0.4, 0.5) is 0 Å². The minimum atomic E-state index is -0.363. The number of nitrogens with zero attached hydrogens (tertiary/aromatic N) is 2. The smallest absolute Gasteiger partial charge is 0.254 e. The van der Waals surface area contributed by atoms with Gasteiger partial charge in [-0.3, -0.25) is 9.69 Å². The van der Waals surface area contributed by atoms with E-state index in [1.54, 1.807) is 0 Å². The van der Waals surface area contributed by atoms with Crippen LogP contribution < -0.4 is 0 Å². The SMILES string of the molecule is CN(C)C1(c2ccccc2)CCC2(CC1)c1[nH]c3ccccc3c1CCN2C(=O)c1ccc(Cl)cc1. The molecule has 36 heavy (non-hydrogen) atoms. The van der Waals surface area contributed by atoms with Gasteiger partial charge >= 0.3 is 0 Å². The molecular weight excluding hydrogens is 466 g/mol. The molecule has 1 spiro atoms. The second kappa shape index (κ2) is 8.79. The molecule has 0 bridgehead atoms. The van der Waals surface area contributed by atoms with Crippen molar-refractivity contribution in [1.29, 1.82) is 0 Å². The number of hydrogen-bond acceptors (Lipinski definition) is 2. The molecule has 2 aliphatic rings. The zero-order chi connectivity index (χ0) is 24.9. The van der Waals surface area contributed by atoms with Crippen molar-refractivity contribution in [2.75, 3.05) is 20.6 Å². The third-order valence-electron chi connectivity index (χ3n) is 8.79. The molecule has 1 aliphatic heterocycles. The van der Waals surface area contributed by atoms with Gasteiger partial charge in [0.05, 0.1) is 5.54 Å². The molecule has 6 rings (SSSR count). The Balaban J connectivity index is 1.46. The Morgan fingerprint density at radius 3 is 2.25 bits per heavy atom. The number of amides is 1. The van der Waals surface area contributed by atoms with Crippen molar-refractivity contribution in [2.45, 2.75) is 43.2 Å². The number of H-pyrrole nitrogens is 1. The number of carbonyl (C=O) groups is 1. The number of rotatable bonds is 3. The zero-order valence-electron chi connectivity index (χ0n) is 20.9. The van der Waals surface area contributed by atoms with Crippen molar-refractivity contribution in [1.82, 2.24) is 14.8 Å². The molecular formula is C31H32ClN3O. The number of halogens is 1. The Bertz CT molecular complexity index is 1400. The Labute approximate surface area is 217 Å². The minimum absolute atomic E-state index is 0.0505. The van der Waals surface area contributed by atoms with E-state index in [2.05, 4.69) is 83.5 Å². The normalized spacial score (nSPS) is 23.8. The van der Waals surface area contributed by atoms with Crippen molar-refractivity contribution in [3.63, 3.8) is 0 Å². The van der Waals surface area contributed by atoms with Crippen LogP contribution in [-0.2, 0) is 17.5 Å². The number of benzene rings is 3. The van der Waals surface area contributed by atoms with Crippen molar-refractivity contribution < 1.29 is 4.79 Å². The van der Waals surface area contributed by atoms with E-state index in [1.807, 2.05) is 24.3 Å². The molecule has 2 heterocycles. The van der Waals surface area contributed by atoms with Gasteiger partial charge in [-0.1, -0.05) is 60.1 Å². The third-order valence-corrected chi connectivity index (χ3v) is 9.04. The van der Waals surface area contributed by atoms with Gasteiger partial charge < -0.3 is 9.88 Å². The molecule has 1 saturated carbocycles. The largest absolute Gasteiger partial charge is 0.356 e. The lowest BCUT2D eigenvalue weighted by atomic mass is 9.65. The molecule has 0 atom stereocenters. The van der Waals surface area contributed by atoms with E-state index in [0.717, 1.165) is 44.2 Å². The van der Waals surface area contributed by atoms with Crippen LogP contribution in [0.3, 0.4) is 0 Å². The van der Waals surface area contributed by atoms with E-state index in [1.165, 1.54) is 22.2 Å². The van der Waals surface area contributed by atoms with E-state index in [-0.39, 0.29) is 17.0 Å². The molecule has 1 fully saturated rings. The van der Waals surface area contributed by atoms with Gasteiger partial charge in [-0.05, 0) is 87.7 Å². The highest BCUT2D eigenvalue weighted by Gasteiger charge is 2.53. The molecule has 3 aromatic carbocycles. The van der Waals surface area contributed by atoms with Crippen molar-refractivity contribution in [2.24, 2.45) is 0 Å². The average molecular weight is 498 g/mol. The van der Waals surface area contributed by atoms with Gasteiger partial charge in [0.1, 0.15) is 0 Å². The van der Waals surface area contributed by atoms with Crippen LogP contribution in [0.15, 0.2) is 78.9 Å². The van der Waals surface area contributed by atoms with Crippen LogP contribution in [0.1, 0.15) is 52.9 Å². The molecule has 1 aromatic heterocycles. The molecule has 1 N–H and O–H groups in total. The predicted octanol–water partition coefficient (Wildman–Crippen LogP) is 6.75. The molecule has 1 amide bonds. The zero-order valence-corrected chi connectivity index (χ0v) is 21.7. The molecule has 0 radical (unpaired) electrons. The van der Waals surface area contributed by atoms with Crippen LogP contribution in [0.5, 0.6) is 0 Å². The van der Waals surface area contributed by atoms with Crippen molar-refractivity contribution in [3.05, 3.63) is 106 Å². The van der Waals surface area contributed by atoms with Gasteiger partial charge in [-0.15, -0.1) is 0 Å². The summed E-state index contributed by atoms with van der Waals surface area (Å²) in [5.41, 5.74) is 5.41. The summed E-state index contributed by atoms with van der Waals surface area (Å²) in [7, 11) is 4.38. The molecule has 4 nitrogen and oxygen atoms in total. The first-order valence-corrected chi connectivity index (χ1v) is 13.2. The summed E-state index contributed by atoms with van der Waals surface area (Å²) >= 11 is 6.14. The predicted molar refractivity (Wildman–Crippen MR) is 146 cm³/mol. The second-order valence-corrected chi connectivity index (χ2v) is 11.0. The van der Waals surface area contributed by atoms with Crippen LogP contribution in [0, 0.1) is 0 Å². The molecule has 184 valence electrons. The van der Waals surface area contributed by atoms with Crippen LogP contribution in [-0.4, -0.2) is 41.3 Å². The van der Waals surface area contributed by atoms with E-state index < -0.39 is 0 Å². The minimum Gasteiger partial charge on any atom is -0.356 e. The first-order valence-electron chi connectivity index (χ1n) is 12.9. The van der Waals surface area contributed by atoms with Crippen molar-refractivity contribution in [3.8, 4) is 0 Å². The summed E-state index contributed by atoms with van der Waals surface area (Å²) in [5, 5.41) is 1.94. The van der Waals surface area contributed by atoms with Crippen LogP contribution >= 0.6 is 11.6 Å². The van der Waals surface area contributed by atoms with Gasteiger partial charge in [0, 0.05) is 39.3 Å². The summed E-state index contributed by atoms with van der Waals surface area (Å²) in [5.74, 6) is 0.0908. The maximum Gasteiger partial charge on any atom is 0.254 e. The highest BCUT2D eigenvalue weighted by Crippen LogP contribution is 2.53. The Morgan fingerprint density at radius 2 is 1.56 bits per heavy atom. The van der Waals surface area contributed by atoms with Crippen molar-refractivity contribution >= 4 is 28.4 Å². The Kier molecular flexibility index (Phi) is 5.70. The van der Waals surface area contributed by atoms with Crippen LogP contribution in [0.25, 0.3) is 10.9 Å². The summed E-state index contributed by atoms with van der Waals surface area (Å²) in [4.78, 5) is 22.4. The fourth-order valence-corrected chi connectivity index (χ4v) is 6.94. The first-order chi connectivity index (χ1) is 17.4. The van der Waals surface area contributed by atoms with E-state index >= 15 is 0 Å². The monoisotopic (exact) mass is 497 g/mol. The quantitative estimate of drug-likeness (QED) is 0.340. The second-order valence-electron chi connectivity index (χ2n) is 10.6. The van der Waals surface area contributed by atoms with Gasteiger partial charge in [0.15, 0.2) is 0 Å². The van der Waals surface area contributed by atoms with Crippen LogP contribution in [0.2, 0.25) is 5.02 Å². The average Bonchev–Trinajstić information content (AvgIpc) is 3.30. The number of nitrogens with one attached hydrogen (secondary N) is 1.